The summed E-state index contributed by atoms with van der Waals surface area (Å²) in [4.78, 5) is 0. The van der Waals surface area contributed by atoms with Crippen molar-refractivity contribution in [2.75, 3.05) is 6.54 Å². The van der Waals surface area contributed by atoms with E-state index in [1.165, 1.54) is 6.21 Å². The summed E-state index contributed by atoms with van der Waals surface area (Å²) in [5, 5.41) is 0. The Hall–Kier alpha value is -0.0200. The van der Waals surface area contributed by atoms with Crippen molar-refractivity contribution >= 4 is 19.0 Å². The van der Waals surface area contributed by atoms with Gasteiger partial charge >= 0.3 is 0 Å². The van der Waals surface area contributed by atoms with Gasteiger partial charge in [0.05, 0.1) is 0 Å². The predicted octanol–water partition coefficient (Wildman–Crippen LogP) is -0.139. The Kier molecular flexibility index (Phi) is 3.96. The van der Waals surface area contributed by atoms with Crippen LogP contribution in [-0.4, -0.2) is 12.8 Å². The Morgan fingerprint density at radius 2 is 2.60 bits per heavy atom. The molecule has 0 fully saturated rings. The van der Waals surface area contributed by atoms with Crippen molar-refractivity contribution in [3.8, 4) is 0 Å². The number of nitrogens with zero attached hydrogens (tertiary/aromatic N) is 1. The molecule has 0 unspecified atom stereocenters. The largest absolute Gasteiger partial charge is 0.326 e. The van der Waals surface area contributed by atoms with Crippen LogP contribution in [0.3, 0.4) is 0 Å². The zero-order valence-corrected chi connectivity index (χ0v) is 3.65. The highest BCUT2D eigenvalue weighted by atomic mass is 32.1. The maximum atomic E-state index is 4.94. The van der Waals surface area contributed by atoms with Crippen LogP contribution in [0.25, 0.3) is 0 Å². The van der Waals surface area contributed by atoms with Crippen molar-refractivity contribution in [2.24, 2.45) is 10.1 Å². The van der Waals surface area contributed by atoms with E-state index in [-0.39, 0.29) is 0 Å². The van der Waals surface area contributed by atoms with Gasteiger partial charge in [-0.05, 0) is 12.8 Å². The molecule has 5 heavy (non-hydrogen) atoms. The highest BCUT2D eigenvalue weighted by molar-refractivity contribution is 7.78. The molecule has 3 heteroatoms. The number of rotatable bonds is 1. The van der Waals surface area contributed by atoms with E-state index in [0.717, 1.165) is 0 Å². The third-order valence-electron chi connectivity index (χ3n) is 0.187. The van der Waals surface area contributed by atoms with Crippen LogP contribution in [0, 0.1) is 0 Å². The van der Waals surface area contributed by atoms with Gasteiger partial charge in [0.1, 0.15) is 0 Å². The van der Waals surface area contributed by atoms with Gasteiger partial charge in [-0.25, -0.2) is 4.40 Å². The van der Waals surface area contributed by atoms with Crippen molar-refractivity contribution in [1.82, 2.24) is 0 Å². The lowest BCUT2D eigenvalue weighted by atomic mass is 10.8. The van der Waals surface area contributed by atoms with E-state index in [0.29, 0.717) is 6.54 Å². The van der Waals surface area contributed by atoms with Crippen LogP contribution >= 0.6 is 12.8 Å². The van der Waals surface area contributed by atoms with Crippen molar-refractivity contribution < 1.29 is 0 Å². The molecule has 0 bridgehead atoms. The first kappa shape index (κ1) is 4.98. The molecule has 0 radical (unpaired) electrons. The van der Waals surface area contributed by atoms with Crippen LogP contribution in [0.4, 0.5) is 0 Å². The Labute approximate surface area is 36.6 Å². The van der Waals surface area contributed by atoms with E-state index < -0.39 is 0 Å². The Morgan fingerprint density at radius 1 is 2.00 bits per heavy atom. The SMILES string of the molecule is NC/C=N\S. The van der Waals surface area contributed by atoms with Gasteiger partial charge in [-0.2, -0.15) is 0 Å². The second-order valence-electron chi connectivity index (χ2n) is 0.534. The molecule has 0 aliphatic carbocycles. The molecule has 0 atom stereocenters. The molecule has 0 amide bonds. The van der Waals surface area contributed by atoms with E-state index in [1.807, 2.05) is 0 Å². The van der Waals surface area contributed by atoms with Crippen molar-refractivity contribution in [1.29, 1.82) is 0 Å². The van der Waals surface area contributed by atoms with E-state index >= 15 is 0 Å². The smallest absolute Gasteiger partial charge is 0.0290 e. The summed E-state index contributed by atoms with van der Waals surface area (Å²) in [5.41, 5.74) is 4.94. The van der Waals surface area contributed by atoms with Crippen molar-refractivity contribution in [2.45, 2.75) is 0 Å². The fraction of sp³-hybridized carbons (Fsp3) is 0.500. The lowest BCUT2D eigenvalue weighted by Gasteiger charge is -1.66. The molecule has 0 aromatic carbocycles. The van der Waals surface area contributed by atoms with E-state index in [2.05, 4.69) is 17.2 Å². The lowest BCUT2D eigenvalue weighted by molar-refractivity contribution is 1.34. The number of nitrogens with two attached hydrogens (primary N) is 1. The summed E-state index contributed by atoms with van der Waals surface area (Å²) in [6.07, 6.45) is 1.52. The Balaban J connectivity index is 2.62. The molecule has 0 aliphatic rings. The molecule has 2 N–H and O–H groups in total. The van der Waals surface area contributed by atoms with Crippen LogP contribution in [0.2, 0.25) is 0 Å². The van der Waals surface area contributed by atoms with Gasteiger partial charge in [0.15, 0.2) is 0 Å². The van der Waals surface area contributed by atoms with Crippen molar-refractivity contribution in [3.05, 3.63) is 0 Å². The molecule has 0 rings (SSSR count). The molecule has 30 valence electrons. The fourth-order valence-electron chi connectivity index (χ4n) is 0.0471. The maximum absolute atomic E-state index is 4.94. The molecule has 0 spiro atoms. The lowest BCUT2D eigenvalue weighted by Crippen LogP contribution is -1.97. The predicted molar refractivity (Wildman–Crippen MR) is 26.5 cm³/mol. The summed E-state index contributed by atoms with van der Waals surface area (Å²) in [6.45, 7) is 0.476. The molecule has 2 nitrogen and oxygen atoms in total. The third kappa shape index (κ3) is 3.98. The first-order chi connectivity index (χ1) is 2.41. The molecule has 0 saturated carbocycles. The van der Waals surface area contributed by atoms with Gasteiger partial charge in [-0.15, -0.1) is 0 Å². The average Bonchev–Trinajstić information content (AvgIpc) is 1.41. The molecule has 0 saturated heterocycles. The summed E-state index contributed by atoms with van der Waals surface area (Å²) in [5.74, 6) is 0. The minimum atomic E-state index is 0.476. The van der Waals surface area contributed by atoms with Crippen LogP contribution < -0.4 is 5.73 Å². The monoisotopic (exact) mass is 90.0 g/mol. The minimum absolute atomic E-state index is 0.476. The zero-order chi connectivity index (χ0) is 4.12. The second-order valence-corrected chi connectivity index (χ2v) is 0.765. The Bertz CT molecular complexity index is 34.6. The van der Waals surface area contributed by atoms with Gasteiger partial charge in [0.2, 0.25) is 0 Å². The van der Waals surface area contributed by atoms with Crippen molar-refractivity contribution in [3.63, 3.8) is 0 Å². The van der Waals surface area contributed by atoms with E-state index in [9.17, 15) is 0 Å². The van der Waals surface area contributed by atoms with Gasteiger partial charge in [-0.1, -0.05) is 0 Å². The van der Waals surface area contributed by atoms with E-state index in [4.69, 9.17) is 5.73 Å². The molecular weight excluding hydrogens is 84.1 g/mol. The number of hydrogen-bond donors (Lipinski definition) is 2. The number of thiol groups is 1. The van der Waals surface area contributed by atoms with Crippen LogP contribution in [-0.2, 0) is 0 Å². The van der Waals surface area contributed by atoms with Gasteiger partial charge in [0, 0.05) is 12.8 Å². The summed E-state index contributed by atoms with van der Waals surface area (Å²) >= 11 is 3.49. The first-order valence-electron chi connectivity index (χ1n) is 1.27. The van der Waals surface area contributed by atoms with Gasteiger partial charge in [-0.3, -0.25) is 0 Å². The second kappa shape index (κ2) is 3.98. The zero-order valence-electron chi connectivity index (χ0n) is 2.76. The fourth-order valence-corrected chi connectivity index (χ4v) is 0.141. The third-order valence-corrected chi connectivity index (χ3v) is 0.350. The number of hydrogen-bond acceptors (Lipinski definition) is 3. The van der Waals surface area contributed by atoms with Crippen LogP contribution in [0.5, 0.6) is 0 Å². The highest BCUT2D eigenvalue weighted by Gasteiger charge is 1.52. The summed E-state index contributed by atoms with van der Waals surface area (Å²) in [7, 11) is 0. The molecule has 0 aromatic heterocycles. The summed E-state index contributed by atoms with van der Waals surface area (Å²) in [6, 6.07) is 0. The topological polar surface area (TPSA) is 38.4 Å². The first-order valence-corrected chi connectivity index (χ1v) is 1.67. The maximum Gasteiger partial charge on any atom is 0.0290 e. The molecular formula is C2H6N2S. The standard InChI is InChI=1S/C2H6N2S/c3-1-2-4-5/h2,5H,1,3H2/b4-2-. The van der Waals surface area contributed by atoms with E-state index in [1.54, 1.807) is 0 Å². The minimum Gasteiger partial charge on any atom is -0.326 e. The quantitative estimate of drug-likeness (QED) is 0.341. The van der Waals surface area contributed by atoms with Gasteiger partial charge in [0.25, 0.3) is 0 Å². The van der Waals surface area contributed by atoms with Gasteiger partial charge < -0.3 is 5.73 Å². The normalized spacial score (nSPS) is 10.0. The molecule has 0 aromatic rings. The molecule has 0 aliphatic heterocycles. The van der Waals surface area contributed by atoms with Crippen LogP contribution in [0.1, 0.15) is 0 Å². The highest BCUT2D eigenvalue weighted by Crippen LogP contribution is 1.62. The Morgan fingerprint density at radius 3 is 2.60 bits per heavy atom. The molecule has 0 heterocycles. The average molecular weight is 90.2 g/mol. The van der Waals surface area contributed by atoms with Crippen LogP contribution in [0.15, 0.2) is 4.40 Å². The summed E-state index contributed by atoms with van der Waals surface area (Å²) < 4.78 is 3.30.